The predicted molar refractivity (Wildman–Crippen MR) is 81.6 cm³/mol. The number of amides is 2. The molecule has 2 aromatic heterocycles. The quantitative estimate of drug-likeness (QED) is 0.812. The molecule has 1 aliphatic heterocycles. The van der Waals surface area contributed by atoms with E-state index in [9.17, 15) is 9.59 Å². The SMILES string of the molecule is O=CN1CCN(C(=O)c2cnc(NCc3ccco3)nc2)CC1. The Kier molecular flexibility index (Phi) is 4.51. The first kappa shape index (κ1) is 15.0. The van der Waals surface area contributed by atoms with Gasteiger partial charge in [-0.1, -0.05) is 0 Å². The number of aromatic nitrogens is 2. The van der Waals surface area contributed by atoms with E-state index in [-0.39, 0.29) is 5.91 Å². The van der Waals surface area contributed by atoms with E-state index in [1.54, 1.807) is 16.1 Å². The van der Waals surface area contributed by atoms with Crippen molar-refractivity contribution in [2.24, 2.45) is 0 Å². The fraction of sp³-hybridized carbons (Fsp3) is 0.333. The van der Waals surface area contributed by atoms with Crippen LogP contribution in [0.4, 0.5) is 5.95 Å². The smallest absolute Gasteiger partial charge is 0.257 e. The highest BCUT2D eigenvalue weighted by atomic mass is 16.3. The van der Waals surface area contributed by atoms with Gasteiger partial charge in [-0.3, -0.25) is 9.59 Å². The van der Waals surface area contributed by atoms with Gasteiger partial charge in [-0.25, -0.2) is 9.97 Å². The largest absolute Gasteiger partial charge is 0.467 e. The summed E-state index contributed by atoms with van der Waals surface area (Å²) >= 11 is 0. The fourth-order valence-corrected chi connectivity index (χ4v) is 2.32. The van der Waals surface area contributed by atoms with Crippen LogP contribution < -0.4 is 5.32 Å². The maximum absolute atomic E-state index is 12.4. The van der Waals surface area contributed by atoms with E-state index in [1.807, 2.05) is 12.1 Å². The van der Waals surface area contributed by atoms with Gasteiger partial charge in [0.2, 0.25) is 12.4 Å². The normalized spacial score (nSPS) is 14.6. The van der Waals surface area contributed by atoms with Gasteiger partial charge in [-0.2, -0.15) is 0 Å². The highest BCUT2D eigenvalue weighted by molar-refractivity contribution is 5.93. The third-order valence-electron chi connectivity index (χ3n) is 3.65. The van der Waals surface area contributed by atoms with E-state index < -0.39 is 0 Å². The van der Waals surface area contributed by atoms with Crippen LogP contribution in [0.25, 0.3) is 0 Å². The number of hydrogen-bond acceptors (Lipinski definition) is 6. The zero-order valence-electron chi connectivity index (χ0n) is 12.5. The molecule has 120 valence electrons. The van der Waals surface area contributed by atoms with E-state index >= 15 is 0 Å². The van der Waals surface area contributed by atoms with E-state index in [0.29, 0.717) is 44.2 Å². The third kappa shape index (κ3) is 3.65. The summed E-state index contributed by atoms with van der Waals surface area (Å²) in [5.41, 5.74) is 0.438. The molecular weight excluding hydrogens is 298 g/mol. The number of anilines is 1. The number of furan rings is 1. The number of piperazine rings is 1. The summed E-state index contributed by atoms with van der Waals surface area (Å²) in [6.07, 6.45) is 5.42. The van der Waals surface area contributed by atoms with Crippen molar-refractivity contribution in [2.45, 2.75) is 6.54 Å². The number of hydrogen-bond donors (Lipinski definition) is 1. The van der Waals surface area contributed by atoms with Crippen LogP contribution in [0, 0.1) is 0 Å². The van der Waals surface area contributed by atoms with Crippen molar-refractivity contribution in [1.29, 1.82) is 0 Å². The molecule has 0 unspecified atom stereocenters. The fourth-order valence-electron chi connectivity index (χ4n) is 2.32. The molecule has 0 aromatic carbocycles. The molecule has 2 amide bonds. The molecule has 3 heterocycles. The van der Waals surface area contributed by atoms with Crippen molar-refractivity contribution >= 4 is 18.3 Å². The molecule has 2 aromatic rings. The van der Waals surface area contributed by atoms with Gasteiger partial charge in [0.15, 0.2) is 0 Å². The lowest BCUT2D eigenvalue weighted by Crippen LogP contribution is -2.48. The Morgan fingerprint density at radius 3 is 2.61 bits per heavy atom. The first-order chi connectivity index (χ1) is 11.3. The number of rotatable bonds is 5. The summed E-state index contributed by atoms with van der Waals surface area (Å²) in [6.45, 7) is 2.64. The van der Waals surface area contributed by atoms with Crippen LogP contribution >= 0.6 is 0 Å². The average Bonchev–Trinajstić information content (AvgIpc) is 3.13. The zero-order valence-corrected chi connectivity index (χ0v) is 12.5. The molecule has 3 rings (SSSR count). The van der Waals surface area contributed by atoms with Crippen molar-refractivity contribution in [1.82, 2.24) is 19.8 Å². The summed E-state index contributed by atoms with van der Waals surface area (Å²) in [6, 6.07) is 3.66. The lowest BCUT2D eigenvalue weighted by molar-refractivity contribution is -0.119. The molecule has 0 aliphatic carbocycles. The topological polar surface area (TPSA) is 91.6 Å². The van der Waals surface area contributed by atoms with Crippen LogP contribution in [0.5, 0.6) is 0 Å². The van der Waals surface area contributed by atoms with Crippen LogP contribution in [0.1, 0.15) is 16.1 Å². The summed E-state index contributed by atoms with van der Waals surface area (Å²) in [7, 11) is 0. The van der Waals surface area contributed by atoms with Gasteiger partial charge in [-0.15, -0.1) is 0 Å². The van der Waals surface area contributed by atoms with Crippen LogP contribution in [0.15, 0.2) is 35.2 Å². The van der Waals surface area contributed by atoms with Gasteiger partial charge < -0.3 is 19.5 Å². The molecule has 8 nitrogen and oxygen atoms in total. The number of carbonyl (C=O) groups is 2. The third-order valence-corrected chi connectivity index (χ3v) is 3.65. The van der Waals surface area contributed by atoms with Crippen LogP contribution in [0.3, 0.4) is 0 Å². The van der Waals surface area contributed by atoms with E-state index in [2.05, 4.69) is 15.3 Å². The van der Waals surface area contributed by atoms with Crippen LogP contribution in [0.2, 0.25) is 0 Å². The number of nitrogens with zero attached hydrogens (tertiary/aromatic N) is 4. The Morgan fingerprint density at radius 2 is 2.00 bits per heavy atom. The first-order valence-electron chi connectivity index (χ1n) is 7.33. The first-order valence-corrected chi connectivity index (χ1v) is 7.33. The Balaban J connectivity index is 1.56. The predicted octanol–water partition coefficient (Wildman–Crippen LogP) is 0.596. The second-order valence-corrected chi connectivity index (χ2v) is 5.16. The van der Waals surface area contributed by atoms with Crippen molar-refractivity contribution < 1.29 is 14.0 Å². The lowest BCUT2D eigenvalue weighted by Gasteiger charge is -2.32. The van der Waals surface area contributed by atoms with E-state index in [0.717, 1.165) is 12.2 Å². The maximum Gasteiger partial charge on any atom is 0.257 e. The standard InChI is InChI=1S/C15H17N5O3/c21-11-19-3-5-20(6-4-19)14(22)12-8-16-15(17-9-12)18-10-13-2-1-7-23-13/h1-2,7-9,11H,3-6,10H2,(H,16,17,18). The zero-order chi connectivity index (χ0) is 16.1. The maximum atomic E-state index is 12.4. The van der Waals surface area contributed by atoms with Crippen molar-refractivity contribution in [3.05, 3.63) is 42.1 Å². The van der Waals surface area contributed by atoms with Gasteiger partial charge in [0.25, 0.3) is 5.91 Å². The van der Waals surface area contributed by atoms with E-state index in [4.69, 9.17) is 4.42 Å². The Bertz CT molecular complexity index is 648. The lowest BCUT2D eigenvalue weighted by atomic mass is 10.2. The molecule has 23 heavy (non-hydrogen) atoms. The molecule has 8 heteroatoms. The minimum Gasteiger partial charge on any atom is -0.467 e. The average molecular weight is 315 g/mol. The second kappa shape index (κ2) is 6.91. The van der Waals surface area contributed by atoms with Gasteiger partial charge in [-0.05, 0) is 12.1 Å². The Hall–Kier alpha value is -2.90. The Labute approximate surface area is 133 Å². The molecule has 0 saturated carbocycles. The monoisotopic (exact) mass is 315 g/mol. The minimum atomic E-state index is -0.117. The van der Waals surface area contributed by atoms with Gasteiger partial charge in [0.05, 0.1) is 18.4 Å². The molecular formula is C15H17N5O3. The Morgan fingerprint density at radius 1 is 1.26 bits per heavy atom. The van der Waals surface area contributed by atoms with Crippen LogP contribution in [-0.4, -0.2) is 58.3 Å². The molecule has 0 spiro atoms. The van der Waals surface area contributed by atoms with E-state index in [1.165, 1.54) is 12.4 Å². The van der Waals surface area contributed by atoms with Crippen molar-refractivity contribution in [3.8, 4) is 0 Å². The summed E-state index contributed by atoms with van der Waals surface area (Å²) in [5.74, 6) is 1.10. The number of carbonyl (C=O) groups excluding carboxylic acids is 2. The highest BCUT2D eigenvalue weighted by Gasteiger charge is 2.21. The highest BCUT2D eigenvalue weighted by Crippen LogP contribution is 2.09. The molecule has 1 N–H and O–H groups in total. The van der Waals surface area contributed by atoms with Crippen molar-refractivity contribution in [2.75, 3.05) is 31.5 Å². The molecule has 1 fully saturated rings. The van der Waals surface area contributed by atoms with Gasteiger partial charge in [0.1, 0.15) is 5.76 Å². The second-order valence-electron chi connectivity index (χ2n) is 5.16. The van der Waals surface area contributed by atoms with Gasteiger partial charge >= 0.3 is 0 Å². The molecule has 0 radical (unpaired) electrons. The molecule has 1 saturated heterocycles. The minimum absolute atomic E-state index is 0.117. The molecule has 0 bridgehead atoms. The van der Waals surface area contributed by atoms with Gasteiger partial charge in [0, 0.05) is 38.6 Å². The summed E-state index contributed by atoms with van der Waals surface area (Å²) in [4.78, 5) is 34.7. The summed E-state index contributed by atoms with van der Waals surface area (Å²) in [5, 5.41) is 3.02. The van der Waals surface area contributed by atoms with Crippen molar-refractivity contribution in [3.63, 3.8) is 0 Å². The molecule has 1 aliphatic rings. The summed E-state index contributed by atoms with van der Waals surface area (Å²) < 4.78 is 5.21. The molecule has 0 atom stereocenters. The van der Waals surface area contributed by atoms with Crippen LogP contribution in [-0.2, 0) is 11.3 Å². The number of nitrogens with one attached hydrogen (secondary N) is 1.